The van der Waals surface area contributed by atoms with Crippen LogP contribution in [0, 0.1) is 0 Å². The van der Waals surface area contributed by atoms with E-state index in [9.17, 15) is 0 Å². The van der Waals surface area contributed by atoms with E-state index < -0.39 is 0 Å². The lowest BCUT2D eigenvalue weighted by molar-refractivity contribution is 0.776. The van der Waals surface area contributed by atoms with E-state index >= 15 is 0 Å². The number of hydrogen-bond acceptors (Lipinski definition) is 1. The smallest absolute Gasteiger partial charge is 0.176 e. The van der Waals surface area contributed by atoms with Gasteiger partial charge < -0.3 is 0 Å². The summed E-state index contributed by atoms with van der Waals surface area (Å²) >= 11 is 0. The van der Waals surface area contributed by atoms with Gasteiger partial charge in [0.15, 0.2) is 5.82 Å². The highest BCUT2D eigenvalue weighted by Gasteiger charge is 2.24. The van der Waals surface area contributed by atoms with Crippen LogP contribution in [-0.2, 0) is 0 Å². The second-order valence-corrected chi connectivity index (χ2v) is 2.49. The van der Waals surface area contributed by atoms with Gasteiger partial charge in [0.25, 0.3) is 0 Å². The molecule has 0 atom stereocenters. The first-order chi connectivity index (χ1) is 3.79. The third-order valence-electron chi connectivity index (χ3n) is 1.49. The zero-order chi connectivity index (χ0) is 5.72. The number of nitrogens with zero attached hydrogens (tertiary/aromatic N) is 2. The molecule has 0 unspecified atom stereocenters. The van der Waals surface area contributed by atoms with E-state index in [0.717, 1.165) is 5.82 Å². The number of rotatable bonds is 1. The number of hydrogen-bond donors (Lipinski definition) is 0. The van der Waals surface area contributed by atoms with Crippen molar-refractivity contribution in [3.8, 4) is 5.82 Å². The van der Waals surface area contributed by atoms with E-state index in [1.165, 1.54) is 5.69 Å². The van der Waals surface area contributed by atoms with Gasteiger partial charge in [-0.1, -0.05) is 13.8 Å². The highest BCUT2D eigenvalue weighted by atomic mass is 15.5. The molecule has 0 aliphatic carbocycles. The van der Waals surface area contributed by atoms with Crippen LogP contribution in [0.2, 0.25) is 0 Å². The third-order valence-corrected chi connectivity index (χ3v) is 1.49. The minimum absolute atomic E-state index is 0.644. The van der Waals surface area contributed by atoms with Crippen molar-refractivity contribution < 1.29 is 0 Å². The van der Waals surface area contributed by atoms with Gasteiger partial charge in [0.1, 0.15) is 0 Å². The van der Waals surface area contributed by atoms with Crippen molar-refractivity contribution in [2.75, 3.05) is 0 Å². The molecule has 2 aliphatic heterocycles. The highest BCUT2D eigenvalue weighted by molar-refractivity contribution is 5.41. The standard InChI is InChI=1S/C6H8N2/c1-4(2)5-3-6-7-8(5)6/h3-4H,1-2H3. The molecule has 0 N–H and O–H groups in total. The molecule has 2 rings (SSSR count). The van der Waals surface area contributed by atoms with E-state index in [1.54, 1.807) is 0 Å². The number of aromatic nitrogens is 2. The van der Waals surface area contributed by atoms with Gasteiger partial charge in [-0.05, 0) is 5.92 Å². The fourth-order valence-electron chi connectivity index (χ4n) is 0.899. The lowest BCUT2D eigenvalue weighted by Crippen LogP contribution is -1.97. The maximum absolute atomic E-state index is 4.03. The van der Waals surface area contributed by atoms with Crippen molar-refractivity contribution in [3.05, 3.63) is 11.8 Å². The van der Waals surface area contributed by atoms with Gasteiger partial charge >= 0.3 is 0 Å². The summed E-state index contributed by atoms with van der Waals surface area (Å²) in [5.74, 6) is 1.80. The van der Waals surface area contributed by atoms with Crippen LogP contribution in [-0.4, -0.2) is 9.78 Å². The Morgan fingerprint density at radius 1 is 1.62 bits per heavy atom. The molecule has 0 aromatic rings. The summed E-state index contributed by atoms with van der Waals surface area (Å²) in [4.78, 5) is 0. The Hall–Kier alpha value is -0.790. The lowest BCUT2D eigenvalue weighted by atomic mass is 10.1. The van der Waals surface area contributed by atoms with E-state index in [2.05, 4.69) is 25.0 Å². The van der Waals surface area contributed by atoms with Gasteiger partial charge in [-0.2, -0.15) is 0 Å². The summed E-state index contributed by atoms with van der Waals surface area (Å²) in [5, 5.41) is 4.03. The topological polar surface area (TPSA) is 17.8 Å². The van der Waals surface area contributed by atoms with Crippen molar-refractivity contribution in [2.24, 2.45) is 0 Å². The molecule has 2 heteroatoms. The molecule has 0 aromatic heterocycles. The summed E-state index contributed by atoms with van der Waals surface area (Å²) in [6, 6.07) is 2.13. The quantitative estimate of drug-likeness (QED) is 0.538. The Labute approximate surface area is 48.1 Å². The molecule has 0 saturated carbocycles. The summed E-state index contributed by atoms with van der Waals surface area (Å²) in [7, 11) is 0. The molecule has 0 aromatic carbocycles. The normalized spacial score (nSPS) is 12.9. The van der Waals surface area contributed by atoms with Crippen molar-refractivity contribution >= 4 is 0 Å². The highest BCUT2D eigenvalue weighted by Crippen LogP contribution is 2.29. The van der Waals surface area contributed by atoms with Crippen LogP contribution in [0.3, 0.4) is 0 Å². The first-order valence-corrected chi connectivity index (χ1v) is 2.89. The molecule has 8 heavy (non-hydrogen) atoms. The lowest BCUT2D eigenvalue weighted by Gasteiger charge is -2.05. The van der Waals surface area contributed by atoms with Crippen LogP contribution in [0.5, 0.6) is 0 Å². The maximum atomic E-state index is 4.03. The van der Waals surface area contributed by atoms with Crippen LogP contribution in [0.15, 0.2) is 6.07 Å². The largest absolute Gasteiger partial charge is 0.215 e. The van der Waals surface area contributed by atoms with Crippen molar-refractivity contribution in [1.29, 1.82) is 0 Å². The van der Waals surface area contributed by atoms with Crippen molar-refractivity contribution in [3.63, 3.8) is 0 Å². The Kier molecular flexibility index (Phi) is 0.498. The summed E-state index contributed by atoms with van der Waals surface area (Å²) in [6.07, 6.45) is 0. The van der Waals surface area contributed by atoms with E-state index in [1.807, 2.05) is 4.68 Å². The van der Waals surface area contributed by atoms with Crippen LogP contribution in [0.25, 0.3) is 5.82 Å². The van der Waals surface area contributed by atoms with E-state index in [0.29, 0.717) is 5.92 Å². The monoisotopic (exact) mass is 108 g/mol. The number of fused-ring (bicyclic) bond motifs is 1. The minimum atomic E-state index is 0.644. The second-order valence-electron chi connectivity index (χ2n) is 2.49. The predicted octanol–water partition coefficient (Wildman–Crippen LogP) is 1.31. The molecule has 2 nitrogen and oxygen atoms in total. The molecule has 2 heterocycles. The van der Waals surface area contributed by atoms with Crippen LogP contribution in [0.1, 0.15) is 25.5 Å². The average Bonchev–Trinajstić information content (AvgIpc) is 2.13. The molecular formula is C6H8N2. The zero-order valence-electron chi connectivity index (χ0n) is 5.05. The molecule has 0 radical (unpaired) electrons. The summed E-state index contributed by atoms with van der Waals surface area (Å²) in [5.41, 5.74) is 1.36. The predicted molar refractivity (Wildman–Crippen MR) is 31.2 cm³/mol. The molecule has 0 bridgehead atoms. The van der Waals surface area contributed by atoms with E-state index in [-0.39, 0.29) is 0 Å². The Morgan fingerprint density at radius 3 is 2.50 bits per heavy atom. The van der Waals surface area contributed by atoms with Gasteiger partial charge in [0, 0.05) is 6.07 Å². The summed E-state index contributed by atoms with van der Waals surface area (Å²) in [6.45, 7) is 4.35. The SMILES string of the molecule is CC(C)c1cc2nn1-2. The first-order valence-electron chi connectivity index (χ1n) is 2.89. The summed E-state index contributed by atoms with van der Waals surface area (Å²) < 4.78 is 1.99. The molecule has 0 saturated heterocycles. The molecule has 0 spiro atoms. The van der Waals surface area contributed by atoms with Crippen LogP contribution < -0.4 is 0 Å². The Morgan fingerprint density at radius 2 is 2.38 bits per heavy atom. The fourth-order valence-corrected chi connectivity index (χ4v) is 0.899. The van der Waals surface area contributed by atoms with Gasteiger partial charge in [0.05, 0.1) is 5.69 Å². The zero-order valence-corrected chi connectivity index (χ0v) is 5.05. The third kappa shape index (κ3) is 0.312. The van der Waals surface area contributed by atoms with Gasteiger partial charge in [-0.25, -0.2) is 4.68 Å². The van der Waals surface area contributed by atoms with Crippen molar-refractivity contribution in [2.45, 2.75) is 19.8 Å². The average molecular weight is 108 g/mol. The molecular weight excluding hydrogens is 100 g/mol. The molecule has 2 aliphatic rings. The van der Waals surface area contributed by atoms with Gasteiger partial charge in [-0.3, -0.25) is 0 Å². The van der Waals surface area contributed by atoms with Gasteiger partial charge in [0.2, 0.25) is 0 Å². The Balaban J connectivity index is 2.35. The minimum Gasteiger partial charge on any atom is -0.215 e. The van der Waals surface area contributed by atoms with Gasteiger partial charge in [-0.15, -0.1) is 5.10 Å². The fraction of sp³-hybridized carbons (Fsp3) is 0.500. The van der Waals surface area contributed by atoms with Crippen LogP contribution >= 0.6 is 0 Å². The molecule has 0 fully saturated rings. The maximum Gasteiger partial charge on any atom is 0.176 e. The molecule has 42 valence electrons. The molecule has 0 amide bonds. The first kappa shape index (κ1) is 4.13. The van der Waals surface area contributed by atoms with Crippen LogP contribution in [0.4, 0.5) is 0 Å². The Bertz CT molecular complexity index is 222. The second kappa shape index (κ2) is 0.966. The van der Waals surface area contributed by atoms with Crippen molar-refractivity contribution in [1.82, 2.24) is 9.78 Å². The van der Waals surface area contributed by atoms with E-state index in [4.69, 9.17) is 0 Å².